The lowest BCUT2D eigenvalue weighted by Gasteiger charge is -2.00. The maximum atomic E-state index is 11.9. The smallest absolute Gasteiger partial charge is 0.282 e. The number of carbonyl (C=O) groups excluding carboxylic acids is 1. The number of nitrogens with one attached hydrogen (secondary N) is 2. The summed E-state index contributed by atoms with van der Waals surface area (Å²) in [6.07, 6.45) is 1.40. The minimum absolute atomic E-state index is 0.268. The molecule has 2 aromatic rings. The highest BCUT2D eigenvalue weighted by Crippen LogP contribution is 2.22. The third-order valence-electron chi connectivity index (χ3n) is 2.81. The van der Waals surface area contributed by atoms with E-state index in [1.807, 2.05) is 13.8 Å². The number of hydrazone groups is 1. The summed E-state index contributed by atoms with van der Waals surface area (Å²) in [5, 5.41) is 11.5. The van der Waals surface area contributed by atoms with Gasteiger partial charge in [-0.2, -0.15) is 10.2 Å². The predicted molar refractivity (Wildman–Crippen MR) is 84.2 cm³/mol. The zero-order valence-electron chi connectivity index (χ0n) is 11.5. The largest absolute Gasteiger partial charge is 0.291 e. The molecule has 110 valence electrons. The van der Waals surface area contributed by atoms with Crippen LogP contribution in [0.25, 0.3) is 0 Å². The number of carbonyl (C=O) groups is 1. The average molecular weight is 325 g/mol. The Hall–Kier alpha value is -1.85. The average Bonchev–Trinajstić information content (AvgIpc) is 2.92. The Morgan fingerprint density at radius 1 is 1.38 bits per heavy atom. The molecule has 0 radical (unpaired) electrons. The topological polar surface area (TPSA) is 70.1 Å². The molecule has 0 spiro atoms. The van der Waals surface area contributed by atoms with Gasteiger partial charge in [-0.3, -0.25) is 9.89 Å². The van der Waals surface area contributed by atoms with Crippen LogP contribution in [0, 0.1) is 0 Å². The second kappa shape index (κ2) is 6.74. The first-order valence-electron chi connectivity index (χ1n) is 6.31. The van der Waals surface area contributed by atoms with Crippen LogP contribution in [0.1, 0.15) is 41.5 Å². The lowest BCUT2D eigenvalue weighted by molar-refractivity contribution is 0.0950. The van der Waals surface area contributed by atoms with Crippen LogP contribution in [0.5, 0.6) is 0 Å². The van der Waals surface area contributed by atoms with Crippen LogP contribution in [-0.2, 0) is 0 Å². The highest BCUT2D eigenvalue weighted by atomic mass is 35.5. The normalized spacial score (nSPS) is 11.3. The van der Waals surface area contributed by atoms with Gasteiger partial charge in [0.1, 0.15) is 0 Å². The van der Waals surface area contributed by atoms with E-state index in [1.165, 1.54) is 6.21 Å². The van der Waals surface area contributed by atoms with E-state index in [1.54, 1.807) is 24.3 Å². The number of hydrogen-bond acceptors (Lipinski definition) is 3. The molecule has 2 N–H and O–H groups in total. The summed E-state index contributed by atoms with van der Waals surface area (Å²) in [7, 11) is 0. The molecule has 0 aliphatic heterocycles. The van der Waals surface area contributed by atoms with Gasteiger partial charge in [0.2, 0.25) is 0 Å². The van der Waals surface area contributed by atoms with Crippen LogP contribution in [-0.4, -0.2) is 22.3 Å². The molecular weight excluding hydrogens is 311 g/mol. The number of aromatic nitrogens is 2. The Kier molecular flexibility index (Phi) is 4.98. The molecule has 0 fully saturated rings. The highest BCUT2D eigenvalue weighted by Gasteiger charge is 2.11. The zero-order valence-corrected chi connectivity index (χ0v) is 13.0. The van der Waals surface area contributed by atoms with Crippen molar-refractivity contribution in [2.75, 3.05) is 0 Å². The molecule has 0 bridgehead atoms. The van der Waals surface area contributed by atoms with Gasteiger partial charge in [0.05, 0.1) is 16.3 Å². The highest BCUT2D eigenvalue weighted by molar-refractivity contribution is 6.38. The van der Waals surface area contributed by atoms with Gasteiger partial charge in [-0.05, 0) is 24.1 Å². The van der Waals surface area contributed by atoms with Crippen molar-refractivity contribution in [3.8, 4) is 0 Å². The lowest BCUT2D eigenvalue weighted by Crippen LogP contribution is -2.18. The van der Waals surface area contributed by atoms with E-state index in [4.69, 9.17) is 23.2 Å². The zero-order chi connectivity index (χ0) is 15.4. The molecule has 0 saturated heterocycles. The standard InChI is InChI=1S/C14H14Cl2N4O/c1-8(2)12-6-13(19-18-12)14(21)20-17-7-9-10(15)4-3-5-11(9)16/h3-8H,1-2H3,(H,18,19)(H,20,21)/b17-7+. The fourth-order valence-corrected chi connectivity index (χ4v) is 2.09. The maximum Gasteiger partial charge on any atom is 0.291 e. The van der Waals surface area contributed by atoms with E-state index >= 15 is 0 Å². The first kappa shape index (κ1) is 15.5. The summed E-state index contributed by atoms with van der Waals surface area (Å²) in [4.78, 5) is 11.9. The first-order chi connectivity index (χ1) is 9.99. The number of aromatic amines is 1. The summed E-state index contributed by atoms with van der Waals surface area (Å²) in [5.74, 6) is -0.137. The number of hydrogen-bond donors (Lipinski definition) is 2. The van der Waals surface area contributed by atoms with Crippen LogP contribution in [0.3, 0.4) is 0 Å². The van der Waals surface area contributed by atoms with Crippen LogP contribution < -0.4 is 5.43 Å². The van der Waals surface area contributed by atoms with Crippen molar-refractivity contribution >= 4 is 35.3 Å². The fourth-order valence-electron chi connectivity index (χ4n) is 1.60. The summed E-state index contributed by atoms with van der Waals surface area (Å²) in [6.45, 7) is 4.01. The van der Waals surface area contributed by atoms with Crippen molar-refractivity contribution in [1.82, 2.24) is 15.6 Å². The third kappa shape index (κ3) is 3.83. The van der Waals surface area contributed by atoms with E-state index in [9.17, 15) is 4.79 Å². The van der Waals surface area contributed by atoms with Crippen molar-refractivity contribution in [3.63, 3.8) is 0 Å². The molecule has 21 heavy (non-hydrogen) atoms. The monoisotopic (exact) mass is 324 g/mol. The number of rotatable bonds is 4. The van der Waals surface area contributed by atoms with Gasteiger partial charge in [-0.15, -0.1) is 0 Å². The Morgan fingerprint density at radius 2 is 2.05 bits per heavy atom. The summed E-state index contributed by atoms with van der Waals surface area (Å²) < 4.78 is 0. The summed E-state index contributed by atoms with van der Waals surface area (Å²) >= 11 is 12.0. The molecule has 5 nitrogen and oxygen atoms in total. The van der Waals surface area contributed by atoms with E-state index < -0.39 is 5.91 Å². The molecule has 1 amide bonds. The van der Waals surface area contributed by atoms with Gasteiger partial charge in [0, 0.05) is 11.3 Å². The van der Waals surface area contributed by atoms with E-state index in [2.05, 4.69) is 20.7 Å². The lowest BCUT2D eigenvalue weighted by atomic mass is 10.1. The number of amides is 1. The van der Waals surface area contributed by atoms with Gasteiger partial charge in [-0.1, -0.05) is 43.1 Å². The minimum atomic E-state index is -0.405. The van der Waals surface area contributed by atoms with E-state index in [-0.39, 0.29) is 11.6 Å². The van der Waals surface area contributed by atoms with Crippen molar-refractivity contribution in [2.24, 2.45) is 5.10 Å². The molecule has 2 rings (SSSR count). The SMILES string of the molecule is CC(C)c1cc(C(=O)N/N=C/c2c(Cl)cccc2Cl)n[nH]1. The first-order valence-corrected chi connectivity index (χ1v) is 7.07. The number of H-pyrrole nitrogens is 1. The number of benzene rings is 1. The fraction of sp³-hybridized carbons (Fsp3) is 0.214. The molecule has 1 heterocycles. The van der Waals surface area contributed by atoms with Crippen molar-refractivity contribution in [3.05, 3.63) is 51.3 Å². The molecule has 0 unspecified atom stereocenters. The Labute approximate surface area is 132 Å². The van der Waals surface area contributed by atoms with Gasteiger partial charge in [0.25, 0.3) is 5.91 Å². The molecule has 1 aromatic heterocycles. The Balaban J connectivity index is 2.05. The van der Waals surface area contributed by atoms with E-state index in [0.29, 0.717) is 15.6 Å². The minimum Gasteiger partial charge on any atom is -0.282 e. The van der Waals surface area contributed by atoms with Crippen LogP contribution in [0.4, 0.5) is 0 Å². The molecule has 1 aromatic carbocycles. The van der Waals surface area contributed by atoms with Gasteiger partial charge >= 0.3 is 0 Å². The molecule has 0 saturated carbocycles. The van der Waals surface area contributed by atoms with Crippen LogP contribution in [0.15, 0.2) is 29.4 Å². The molecule has 0 aliphatic rings. The van der Waals surface area contributed by atoms with Crippen molar-refractivity contribution in [1.29, 1.82) is 0 Å². The van der Waals surface area contributed by atoms with Crippen LogP contribution in [0.2, 0.25) is 10.0 Å². The van der Waals surface area contributed by atoms with E-state index in [0.717, 1.165) is 5.69 Å². The second-order valence-electron chi connectivity index (χ2n) is 4.70. The Morgan fingerprint density at radius 3 is 2.62 bits per heavy atom. The Bertz CT molecular complexity index is 659. The molecule has 0 atom stereocenters. The molecular formula is C14H14Cl2N4O. The number of halogens is 2. The summed E-state index contributed by atoms with van der Waals surface area (Å²) in [5.41, 5.74) is 4.10. The molecule has 7 heteroatoms. The van der Waals surface area contributed by atoms with Gasteiger partial charge in [0.15, 0.2) is 5.69 Å². The van der Waals surface area contributed by atoms with Crippen molar-refractivity contribution in [2.45, 2.75) is 19.8 Å². The van der Waals surface area contributed by atoms with Gasteiger partial charge < -0.3 is 0 Å². The second-order valence-corrected chi connectivity index (χ2v) is 5.51. The third-order valence-corrected chi connectivity index (χ3v) is 3.47. The van der Waals surface area contributed by atoms with Crippen LogP contribution >= 0.6 is 23.2 Å². The maximum absolute atomic E-state index is 11.9. The van der Waals surface area contributed by atoms with Gasteiger partial charge in [-0.25, -0.2) is 5.43 Å². The number of nitrogens with zero attached hydrogens (tertiary/aromatic N) is 2. The summed E-state index contributed by atoms with van der Waals surface area (Å²) in [6, 6.07) is 6.81. The molecule has 0 aliphatic carbocycles. The predicted octanol–water partition coefficient (Wildman–Crippen LogP) is 3.60. The quantitative estimate of drug-likeness (QED) is 0.666. The van der Waals surface area contributed by atoms with Crippen molar-refractivity contribution < 1.29 is 4.79 Å².